The lowest BCUT2D eigenvalue weighted by molar-refractivity contribution is -0.189. The van der Waals surface area contributed by atoms with Gasteiger partial charge < -0.3 is 9.47 Å². The van der Waals surface area contributed by atoms with Crippen LogP contribution in [0.5, 0.6) is 0 Å². The summed E-state index contributed by atoms with van der Waals surface area (Å²) in [5, 5.41) is 0. The molecule has 0 bridgehead atoms. The van der Waals surface area contributed by atoms with Crippen molar-refractivity contribution in [2.45, 2.75) is 25.0 Å². The summed E-state index contributed by atoms with van der Waals surface area (Å²) in [7, 11) is 0. The predicted octanol–water partition coefficient (Wildman–Crippen LogP) is 1.18. The topological polar surface area (TPSA) is 21.7 Å². The van der Waals surface area contributed by atoms with E-state index in [4.69, 9.17) is 9.47 Å². The van der Waals surface area contributed by atoms with E-state index in [0.29, 0.717) is 19.6 Å². The van der Waals surface area contributed by atoms with Gasteiger partial charge in [-0.15, -0.1) is 0 Å². The van der Waals surface area contributed by atoms with E-state index < -0.39 is 0 Å². The van der Waals surface area contributed by atoms with Crippen LogP contribution >= 0.6 is 0 Å². The summed E-state index contributed by atoms with van der Waals surface area (Å²) in [5.74, 6) is -0.353. The third kappa shape index (κ3) is 2.24. The Labute approximate surface area is 84.2 Å². The number of alkyl halides is 1. The molecule has 0 aliphatic carbocycles. The van der Waals surface area contributed by atoms with E-state index in [1.807, 2.05) is 0 Å². The Bertz CT molecular complexity index is 183. The number of piperidine rings is 1. The number of ether oxygens (including phenoxy) is 2. The maximum atomic E-state index is 12.0. The molecule has 0 unspecified atom stereocenters. The van der Waals surface area contributed by atoms with Crippen LogP contribution < -0.4 is 0 Å². The molecule has 0 aromatic carbocycles. The normalized spacial score (nSPS) is 27.2. The van der Waals surface area contributed by atoms with Crippen LogP contribution in [0, 0.1) is 0 Å². The first-order valence-electron chi connectivity index (χ1n) is 5.41. The van der Waals surface area contributed by atoms with E-state index in [1.165, 1.54) is 0 Å². The van der Waals surface area contributed by atoms with Crippen LogP contribution in [0.15, 0.2) is 0 Å². The van der Waals surface area contributed by atoms with Gasteiger partial charge in [0.05, 0.1) is 26.4 Å². The molecule has 82 valence electrons. The summed E-state index contributed by atoms with van der Waals surface area (Å²) in [4.78, 5) is 2.24. The standard InChI is InChI=1S/C10H18FNO2/c11-4-2-6-12-5-1-3-10(9-12)13-7-8-14-10/h1-9H2. The molecule has 0 amide bonds. The highest BCUT2D eigenvalue weighted by atomic mass is 19.1. The summed E-state index contributed by atoms with van der Waals surface area (Å²) in [6.07, 6.45) is 2.70. The van der Waals surface area contributed by atoms with Gasteiger partial charge in [0.25, 0.3) is 0 Å². The highest BCUT2D eigenvalue weighted by Crippen LogP contribution is 2.29. The SMILES string of the molecule is FCCCN1CCCC2(C1)OCCO2. The van der Waals surface area contributed by atoms with Crippen molar-refractivity contribution >= 4 is 0 Å². The Hall–Kier alpha value is -0.190. The lowest BCUT2D eigenvalue weighted by Gasteiger charge is -2.38. The molecule has 0 aromatic heterocycles. The molecule has 2 aliphatic rings. The fraction of sp³-hybridized carbons (Fsp3) is 1.00. The van der Waals surface area contributed by atoms with Gasteiger partial charge in [0.15, 0.2) is 5.79 Å². The molecule has 2 rings (SSSR count). The second kappa shape index (κ2) is 4.55. The average Bonchev–Trinajstić information content (AvgIpc) is 2.63. The van der Waals surface area contributed by atoms with Gasteiger partial charge in [-0.1, -0.05) is 0 Å². The van der Waals surface area contributed by atoms with Crippen molar-refractivity contribution < 1.29 is 13.9 Å². The van der Waals surface area contributed by atoms with Gasteiger partial charge in [0.1, 0.15) is 0 Å². The summed E-state index contributed by atoms with van der Waals surface area (Å²) in [5.41, 5.74) is 0. The van der Waals surface area contributed by atoms with E-state index in [2.05, 4.69) is 4.90 Å². The second-order valence-corrected chi connectivity index (χ2v) is 4.03. The first-order chi connectivity index (χ1) is 6.85. The largest absolute Gasteiger partial charge is 0.346 e. The monoisotopic (exact) mass is 203 g/mol. The van der Waals surface area contributed by atoms with Gasteiger partial charge in [-0.25, -0.2) is 0 Å². The summed E-state index contributed by atoms with van der Waals surface area (Å²) < 4.78 is 23.3. The van der Waals surface area contributed by atoms with E-state index in [0.717, 1.165) is 32.5 Å². The van der Waals surface area contributed by atoms with Crippen molar-refractivity contribution in [3.63, 3.8) is 0 Å². The van der Waals surface area contributed by atoms with E-state index in [9.17, 15) is 4.39 Å². The molecular formula is C10H18FNO2. The molecule has 2 heterocycles. The molecule has 0 atom stereocenters. The van der Waals surface area contributed by atoms with Crippen molar-refractivity contribution in [1.29, 1.82) is 0 Å². The zero-order chi connectivity index (χ0) is 9.86. The Morgan fingerprint density at radius 1 is 1.29 bits per heavy atom. The summed E-state index contributed by atoms with van der Waals surface area (Å²) in [6.45, 7) is 3.87. The fourth-order valence-corrected chi connectivity index (χ4v) is 2.28. The first-order valence-corrected chi connectivity index (χ1v) is 5.41. The van der Waals surface area contributed by atoms with Gasteiger partial charge >= 0.3 is 0 Å². The molecule has 2 fully saturated rings. The zero-order valence-corrected chi connectivity index (χ0v) is 8.51. The minimum absolute atomic E-state index is 0.231. The van der Waals surface area contributed by atoms with Crippen molar-refractivity contribution in [2.75, 3.05) is 39.5 Å². The minimum Gasteiger partial charge on any atom is -0.346 e. The Balaban J connectivity index is 1.83. The molecule has 2 aliphatic heterocycles. The van der Waals surface area contributed by atoms with Gasteiger partial charge in [-0.2, -0.15) is 0 Å². The smallest absolute Gasteiger partial charge is 0.181 e. The van der Waals surface area contributed by atoms with Gasteiger partial charge in [-0.3, -0.25) is 9.29 Å². The Kier molecular flexibility index (Phi) is 3.36. The van der Waals surface area contributed by atoms with Crippen LogP contribution in [0.25, 0.3) is 0 Å². The third-order valence-electron chi connectivity index (χ3n) is 2.92. The van der Waals surface area contributed by atoms with Crippen LogP contribution in [0.4, 0.5) is 4.39 Å². The maximum Gasteiger partial charge on any atom is 0.181 e. The Morgan fingerprint density at radius 3 is 2.79 bits per heavy atom. The van der Waals surface area contributed by atoms with E-state index in [-0.39, 0.29) is 12.5 Å². The molecule has 4 heteroatoms. The summed E-state index contributed by atoms with van der Waals surface area (Å²) >= 11 is 0. The van der Waals surface area contributed by atoms with Crippen LogP contribution in [0.2, 0.25) is 0 Å². The predicted molar refractivity (Wildman–Crippen MR) is 50.9 cm³/mol. The molecule has 2 saturated heterocycles. The average molecular weight is 203 g/mol. The molecule has 0 saturated carbocycles. The van der Waals surface area contributed by atoms with Crippen LogP contribution in [-0.4, -0.2) is 50.2 Å². The van der Waals surface area contributed by atoms with E-state index >= 15 is 0 Å². The Morgan fingerprint density at radius 2 is 2.07 bits per heavy atom. The van der Waals surface area contributed by atoms with Crippen molar-refractivity contribution in [2.24, 2.45) is 0 Å². The lowest BCUT2D eigenvalue weighted by Crippen LogP contribution is -2.49. The summed E-state index contributed by atoms with van der Waals surface area (Å²) in [6, 6.07) is 0. The van der Waals surface area contributed by atoms with E-state index in [1.54, 1.807) is 0 Å². The molecule has 0 N–H and O–H groups in total. The molecule has 1 spiro atoms. The molecular weight excluding hydrogens is 185 g/mol. The van der Waals surface area contributed by atoms with Crippen LogP contribution in [0.1, 0.15) is 19.3 Å². The third-order valence-corrected chi connectivity index (χ3v) is 2.92. The minimum atomic E-state index is -0.353. The molecule has 0 aromatic rings. The number of hydrogen-bond acceptors (Lipinski definition) is 3. The van der Waals surface area contributed by atoms with Gasteiger partial charge in [0.2, 0.25) is 0 Å². The zero-order valence-electron chi connectivity index (χ0n) is 8.51. The number of rotatable bonds is 3. The number of likely N-dealkylation sites (tertiary alicyclic amines) is 1. The van der Waals surface area contributed by atoms with Gasteiger partial charge in [-0.05, 0) is 19.4 Å². The lowest BCUT2D eigenvalue weighted by atomic mass is 10.0. The van der Waals surface area contributed by atoms with Crippen LogP contribution in [0.3, 0.4) is 0 Å². The molecule has 3 nitrogen and oxygen atoms in total. The fourth-order valence-electron chi connectivity index (χ4n) is 2.28. The second-order valence-electron chi connectivity index (χ2n) is 4.03. The van der Waals surface area contributed by atoms with Crippen molar-refractivity contribution in [3.8, 4) is 0 Å². The van der Waals surface area contributed by atoms with Crippen molar-refractivity contribution in [1.82, 2.24) is 4.90 Å². The first kappa shape index (κ1) is 10.3. The van der Waals surface area contributed by atoms with Crippen LogP contribution in [-0.2, 0) is 9.47 Å². The highest BCUT2D eigenvalue weighted by Gasteiger charge is 2.40. The van der Waals surface area contributed by atoms with Gasteiger partial charge in [0, 0.05) is 13.0 Å². The molecule has 14 heavy (non-hydrogen) atoms. The number of hydrogen-bond donors (Lipinski definition) is 0. The quantitative estimate of drug-likeness (QED) is 0.687. The highest BCUT2D eigenvalue weighted by molar-refractivity contribution is 4.83. The molecule has 0 radical (unpaired) electrons. The number of halogens is 1. The maximum absolute atomic E-state index is 12.0. The number of nitrogens with zero attached hydrogens (tertiary/aromatic N) is 1. The van der Waals surface area contributed by atoms with Crippen molar-refractivity contribution in [3.05, 3.63) is 0 Å².